The molecule has 21 heavy (non-hydrogen) atoms. The minimum Gasteiger partial charge on any atom is -0.396 e. The van der Waals surface area contributed by atoms with E-state index in [0.29, 0.717) is 12.0 Å². The molecule has 3 fully saturated rings. The monoisotopic (exact) mass is 288 g/mol. The van der Waals surface area contributed by atoms with Crippen LogP contribution in [-0.2, 0) is 11.3 Å². The van der Waals surface area contributed by atoms with Crippen molar-refractivity contribution in [1.82, 2.24) is 9.80 Å². The molecule has 0 saturated carbocycles. The molecule has 3 aliphatic rings. The van der Waals surface area contributed by atoms with Gasteiger partial charge >= 0.3 is 0 Å². The van der Waals surface area contributed by atoms with Gasteiger partial charge in [-0.3, -0.25) is 9.69 Å². The summed E-state index contributed by atoms with van der Waals surface area (Å²) in [7, 11) is 0. The Labute approximate surface area is 126 Å². The fraction of sp³-hybridized carbons (Fsp3) is 0.588. The maximum Gasteiger partial charge on any atom is 0.224 e. The van der Waals surface area contributed by atoms with Gasteiger partial charge in [0.25, 0.3) is 0 Å². The fourth-order valence-electron chi connectivity index (χ4n) is 3.65. The molecular weight excluding hydrogens is 264 g/mol. The number of fused-ring (bicyclic) bond motifs is 4. The van der Waals surface area contributed by atoms with Crippen molar-refractivity contribution < 1.29 is 9.90 Å². The highest BCUT2D eigenvalue weighted by atomic mass is 16.3. The Balaban J connectivity index is 1.68. The third kappa shape index (κ3) is 3.44. The van der Waals surface area contributed by atoms with Gasteiger partial charge in [0.2, 0.25) is 5.91 Å². The Bertz CT molecular complexity index is 477. The van der Waals surface area contributed by atoms with Gasteiger partial charge in [0.1, 0.15) is 0 Å². The van der Waals surface area contributed by atoms with Gasteiger partial charge in [0.15, 0.2) is 0 Å². The molecule has 2 atom stereocenters. The number of hydrogen-bond acceptors (Lipinski definition) is 3. The molecule has 114 valence electrons. The summed E-state index contributed by atoms with van der Waals surface area (Å²) in [5.41, 5.74) is 1.35. The van der Waals surface area contributed by atoms with E-state index >= 15 is 0 Å². The zero-order valence-corrected chi connectivity index (χ0v) is 12.4. The van der Waals surface area contributed by atoms with Crippen LogP contribution in [-0.4, -0.2) is 53.1 Å². The quantitative estimate of drug-likeness (QED) is 0.913. The zero-order chi connectivity index (χ0) is 14.7. The van der Waals surface area contributed by atoms with Crippen molar-refractivity contribution in [2.75, 3.05) is 26.2 Å². The van der Waals surface area contributed by atoms with Crippen LogP contribution in [0, 0.1) is 5.92 Å². The molecule has 4 heteroatoms. The number of aliphatic hydroxyl groups is 1. The topological polar surface area (TPSA) is 43.8 Å². The van der Waals surface area contributed by atoms with E-state index in [4.69, 9.17) is 5.11 Å². The predicted octanol–water partition coefficient (Wildman–Crippen LogP) is 1.49. The van der Waals surface area contributed by atoms with Gasteiger partial charge in [-0.2, -0.15) is 0 Å². The second-order valence-electron chi connectivity index (χ2n) is 6.28. The lowest BCUT2D eigenvalue weighted by Gasteiger charge is -2.36. The molecule has 4 nitrogen and oxygen atoms in total. The number of amides is 1. The van der Waals surface area contributed by atoms with Crippen LogP contribution in [0.15, 0.2) is 30.3 Å². The summed E-state index contributed by atoms with van der Waals surface area (Å²) in [6, 6.07) is 11.0. The first kappa shape index (κ1) is 14.5. The van der Waals surface area contributed by atoms with Crippen molar-refractivity contribution in [3.05, 3.63) is 35.9 Å². The zero-order valence-electron chi connectivity index (χ0n) is 12.4. The molecule has 3 heterocycles. The largest absolute Gasteiger partial charge is 0.396 e. The molecule has 0 radical (unpaired) electrons. The molecule has 1 N–H and O–H groups in total. The number of rotatable bonds is 4. The molecule has 1 amide bonds. The first-order valence-electron chi connectivity index (χ1n) is 7.93. The van der Waals surface area contributed by atoms with Crippen LogP contribution >= 0.6 is 0 Å². The average Bonchev–Trinajstić information content (AvgIpc) is 2.80. The van der Waals surface area contributed by atoms with Crippen LogP contribution in [0.5, 0.6) is 0 Å². The Morgan fingerprint density at radius 1 is 1.14 bits per heavy atom. The van der Waals surface area contributed by atoms with Crippen molar-refractivity contribution in [3.8, 4) is 0 Å². The molecule has 2 bridgehead atoms. The highest BCUT2D eigenvalue weighted by Gasteiger charge is 2.35. The first-order chi connectivity index (χ1) is 10.3. The standard InChI is InChI=1S/C17H24N2O2/c20-9-8-17(21)19-12-15-6-7-16(13-19)18(11-15)10-14-4-2-1-3-5-14/h1-5,15-16,20H,6-13H2/t15-,16-/m0/s1. The summed E-state index contributed by atoms with van der Waals surface area (Å²) in [6.07, 6.45) is 2.66. The molecular formula is C17H24N2O2. The van der Waals surface area contributed by atoms with Gasteiger partial charge in [-0.05, 0) is 24.3 Å². The maximum atomic E-state index is 12.1. The Hall–Kier alpha value is -1.39. The van der Waals surface area contributed by atoms with Gasteiger partial charge in [0, 0.05) is 38.6 Å². The third-order valence-electron chi connectivity index (χ3n) is 4.73. The number of carbonyl (C=O) groups is 1. The number of nitrogens with zero attached hydrogens (tertiary/aromatic N) is 2. The summed E-state index contributed by atoms with van der Waals surface area (Å²) in [5.74, 6) is 0.686. The Kier molecular flexibility index (Phi) is 4.56. The van der Waals surface area contributed by atoms with E-state index in [1.807, 2.05) is 11.0 Å². The predicted molar refractivity (Wildman–Crippen MR) is 81.6 cm³/mol. The first-order valence-corrected chi connectivity index (χ1v) is 7.93. The van der Waals surface area contributed by atoms with Crippen LogP contribution in [0.4, 0.5) is 0 Å². The highest BCUT2D eigenvalue weighted by Crippen LogP contribution is 2.29. The second-order valence-corrected chi connectivity index (χ2v) is 6.28. The van der Waals surface area contributed by atoms with Gasteiger partial charge < -0.3 is 10.0 Å². The van der Waals surface area contributed by atoms with Crippen molar-refractivity contribution in [2.45, 2.75) is 31.8 Å². The van der Waals surface area contributed by atoms with E-state index in [1.165, 1.54) is 18.4 Å². The lowest BCUT2D eigenvalue weighted by molar-refractivity contribution is -0.132. The Morgan fingerprint density at radius 2 is 1.95 bits per heavy atom. The lowest BCUT2D eigenvalue weighted by Crippen LogP contribution is -2.43. The van der Waals surface area contributed by atoms with Crippen LogP contribution < -0.4 is 0 Å². The van der Waals surface area contributed by atoms with Crippen molar-refractivity contribution in [3.63, 3.8) is 0 Å². The minimum absolute atomic E-state index is 0.0433. The van der Waals surface area contributed by atoms with Crippen LogP contribution in [0.3, 0.4) is 0 Å². The lowest BCUT2D eigenvalue weighted by atomic mass is 9.94. The van der Waals surface area contributed by atoms with Gasteiger partial charge in [0.05, 0.1) is 6.61 Å². The summed E-state index contributed by atoms with van der Waals surface area (Å²) >= 11 is 0. The Morgan fingerprint density at radius 3 is 2.71 bits per heavy atom. The maximum absolute atomic E-state index is 12.1. The third-order valence-corrected chi connectivity index (χ3v) is 4.73. The number of piperidine rings is 1. The summed E-state index contributed by atoms with van der Waals surface area (Å²) in [5, 5.41) is 8.97. The molecule has 0 unspecified atom stereocenters. The highest BCUT2D eigenvalue weighted by molar-refractivity contribution is 5.76. The van der Waals surface area contributed by atoms with E-state index < -0.39 is 0 Å². The van der Waals surface area contributed by atoms with E-state index in [-0.39, 0.29) is 18.9 Å². The number of hydrogen-bond donors (Lipinski definition) is 1. The molecule has 0 aliphatic carbocycles. The van der Waals surface area contributed by atoms with Crippen LogP contribution in [0.2, 0.25) is 0 Å². The normalized spacial score (nSPS) is 25.9. The summed E-state index contributed by atoms with van der Waals surface area (Å²) in [6.45, 7) is 3.70. The fourth-order valence-corrected chi connectivity index (χ4v) is 3.65. The minimum atomic E-state index is -0.0433. The average molecular weight is 288 g/mol. The molecule has 0 aromatic heterocycles. The molecule has 1 aromatic carbocycles. The molecule has 3 aliphatic heterocycles. The van der Waals surface area contributed by atoms with Crippen molar-refractivity contribution in [1.29, 1.82) is 0 Å². The van der Waals surface area contributed by atoms with E-state index in [2.05, 4.69) is 29.2 Å². The van der Waals surface area contributed by atoms with Crippen LogP contribution in [0.25, 0.3) is 0 Å². The van der Waals surface area contributed by atoms with E-state index in [9.17, 15) is 4.79 Å². The molecule has 1 aromatic rings. The van der Waals surface area contributed by atoms with E-state index in [0.717, 1.165) is 26.2 Å². The SMILES string of the molecule is O=C(CCO)N1C[C@H]2CC[C@@H](C1)N(Cc1ccccc1)C2. The van der Waals surface area contributed by atoms with Gasteiger partial charge in [-0.15, -0.1) is 0 Å². The smallest absolute Gasteiger partial charge is 0.224 e. The molecule has 0 spiro atoms. The van der Waals surface area contributed by atoms with Crippen molar-refractivity contribution in [2.24, 2.45) is 5.92 Å². The van der Waals surface area contributed by atoms with E-state index in [1.54, 1.807) is 0 Å². The molecule has 3 saturated heterocycles. The van der Waals surface area contributed by atoms with Gasteiger partial charge in [-0.25, -0.2) is 0 Å². The second kappa shape index (κ2) is 6.58. The number of carbonyl (C=O) groups excluding carboxylic acids is 1. The molecule has 4 rings (SSSR count). The van der Waals surface area contributed by atoms with Crippen LogP contribution in [0.1, 0.15) is 24.8 Å². The van der Waals surface area contributed by atoms with Crippen molar-refractivity contribution >= 4 is 5.91 Å². The summed E-state index contributed by atoms with van der Waals surface area (Å²) in [4.78, 5) is 16.6. The number of aliphatic hydroxyl groups excluding tert-OH is 1. The summed E-state index contributed by atoms with van der Waals surface area (Å²) < 4.78 is 0. The van der Waals surface area contributed by atoms with Gasteiger partial charge in [-0.1, -0.05) is 30.3 Å². The number of benzene rings is 1.